The fourth-order valence-corrected chi connectivity index (χ4v) is 2.06. The number of amides is 1. The minimum atomic E-state index is -0.271. The number of nitrogens with one attached hydrogen (secondary N) is 2. The van der Waals surface area contributed by atoms with Crippen LogP contribution in [0.4, 0.5) is 11.6 Å². The number of hydrogen-bond donors (Lipinski definition) is 2. The zero-order valence-electron chi connectivity index (χ0n) is 13.4. The topological polar surface area (TPSA) is 92.9 Å². The van der Waals surface area contributed by atoms with Crippen molar-refractivity contribution in [2.75, 3.05) is 5.32 Å². The molecular formula is C17H17N5O2. The van der Waals surface area contributed by atoms with E-state index in [-0.39, 0.29) is 11.6 Å². The van der Waals surface area contributed by atoms with Gasteiger partial charge in [0.1, 0.15) is 5.76 Å². The Kier molecular flexibility index (Phi) is 4.51. The van der Waals surface area contributed by atoms with E-state index in [4.69, 9.17) is 4.52 Å². The Morgan fingerprint density at radius 1 is 1.04 bits per heavy atom. The smallest absolute Gasteiger partial charge is 0.272 e. The minimum absolute atomic E-state index is 0.254. The predicted molar refractivity (Wildman–Crippen MR) is 88.9 cm³/mol. The van der Waals surface area contributed by atoms with Crippen LogP contribution in [0.3, 0.4) is 0 Å². The number of aromatic nitrogens is 3. The summed E-state index contributed by atoms with van der Waals surface area (Å²) in [5.74, 6) is 1.45. The zero-order chi connectivity index (χ0) is 16.9. The lowest BCUT2D eigenvalue weighted by Crippen LogP contribution is -2.24. The van der Waals surface area contributed by atoms with Gasteiger partial charge in [0.2, 0.25) is 0 Å². The summed E-state index contributed by atoms with van der Waals surface area (Å²) < 4.78 is 4.96. The molecule has 7 heteroatoms. The molecule has 122 valence electrons. The van der Waals surface area contributed by atoms with Gasteiger partial charge >= 0.3 is 0 Å². The fraction of sp³-hybridized carbons (Fsp3) is 0.176. The third kappa shape index (κ3) is 3.95. The first kappa shape index (κ1) is 15.7. The Labute approximate surface area is 139 Å². The molecule has 0 saturated carbocycles. The van der Waals surface area contributed by atoms with Gasteiger partial charge in [-0.1, -0.05) is 35.0 Å². The molecule has 0 atom stereocenters. The molecule has 24 heavy (non-hydrogen) atoms. The van der Waals surface area contributed by atoms with Crippen molar-refractivity contribution in [3.63, 3.8) is 0 Å². The Hall–Kier alpha value is -3.22. The van der Waals surface area contributed by atoms with Gasteiger partial charge in [-0.2, -0.15) is 0 Å². The summed E-state index contributed by atoms with van der Waals surface area (Å²) in [6, 6.07) is 13.0. The van der Waals surface area contributed by atoms with Gasteiger partial charge in [-0.15, -0.1) is 10.2 Å². The van der Waals surface area contributed by atoms with Gasteiger partial charge < -0.3 is 15.2 Å². The fourth-order valence-electron chi connectivity index (χ4n) is 2.06. The third-order valence-electron chi connectivity index (χ3n) is 3.35. The molecule has 0 spiro atoms. The maximum Gasteiger partial charge on any atom is 0.272 e. The van der Waals surface area contributed by atoms with Crippen molar-refractivity contribution in [1.29, 1.82) is 0 Å². The molecule has 0 aliphatic rings. The van der Waals surface area contributed by atoms with Crippen molar-refractivity contribution in [3.05, 3.63) is 65.0 Å². The number of aryl methyl sites for hydroxylation is 2. The van der Waals surface area contributed by atoms with Gasteiger partial charge in [0.15, 0.2) is 17.3 Å². The van der Waals surface area contributed by atoms with Crippen molar-refractivity contribution in [2.24, 2.45) is 0 Å². The highest BCUT2D eigenvalue weighted by atomic mass is 16.5. The van der Waals surface area contributed by atoms with Crippen LogP contribution in [-0.2, 0) is 6.54 Å². The van der Waals surface area contributed by atoms with Gasteiger partial charge in [0, 0.05) is 12.6 Å². The molecule has 2 heterocycles. The van der Waals surface area contributed by atoms with E-state index in [0.717, 1.165) is 5.56 Å². The molecule has 0 aliphatic heterocycles. The summed E-state index contributed by atoms with van der Waals surface area (Å²) in [7, 11) is 0. The molecule has 1 aromatic carbocycles. The molecule has 1 amide bonds. The standard InChI is InChI=1S/C17H17N5O2/c1-11-3-5-13(6-4-11)10-18-17(23)14-7-8-15(21-20-14)19-16-9-12(2)24-22-16/h3-9H,10H2,1-2H3,(H,18,23)(H,19,21,22). The molecule has 2 N–H and O–H groups in total. The van der Waals surface area contributed by atoms with Gasteiger partial charge in [0.05, 0.1) is 0 Å². The maximum absolute atomic E-state index is 12.1. The van der Waals surface area contributed by atoms with E-state index >= 15 is 0 Å². The second-order valence-electron chi connectivity index (χ2n) is 5.42. The normalized spacial score (nSPS) is 10.4. The molecule has 0 aliphatic carbocycles. The molecular weight excluding hydrogens is 306 g/mol. The minimum Gasteiger partial charge on any atom is -0.360 e. The van der Waals surface area contributed by atoms with Crippen LogP contribution in [0.25, 0.3) is 0 Å². The number of carbonyl (C=O) groups is 1. The predicted octanol–water partition coefficient (Wildman–Crippen LogP) is 2.76. The average Bonchev–Trinajstić information content (AvgIpc) is 2.99. The summed E-state index contributed by atoms with van der Waals surface area (Å²) in [5, 5.41) is 17.5. The van der Waals surface area contributed by atoms with Crippen LogP contribution < -0.4 is 10.6 Å². The summed E-state index contributed by atoms with van der Waals surface area (Å²) in [6.07, 6.45) is 0. The quantitative estimate of drug-likeness (QED) is 0.750. The first-order valence-electron chi connectivity index (χ1n) is 7.48. The second-order valence-corrected chi connectivity index (χ2v) is 5.42. The summed E-state index contributed by atoms with van der Waals surface area (Å²) in [5.41, 5.74) is 2.46. The first-order valence-corrected chi connectivity index (χ1v) is 7.48. The number of nitrogens with zero attached hydrogens (tertiary/aromatic N) is 3. The van der Waals surface area contributed by atoms with Crippen LogP contribution in [0.2, 0.25) is 0 Å². The Balaban J connectivity index is 1.58. The molecule has 0 radical (unpaired) electrons. The first-order chi connectivity index (χ1) is 11.6. The lowest BCUT2D eigenvalue weighted by molar-refractivity contribution is 0.0945. The molecule has 3 aromatic rings. The summed E-state index contributed by atoms with van der Waals surface area (Å²) in [4.78, 5) is 12.1. The highest BCUT2D eigenvalue weighted by Crippen LogP contribution is 2.13. The monoisotopic (exact) mass is 323 g/mol. The van der Waals surface area contributed by atoms with E-state index in [2.05, 4.69) is 26.0 Å². The Morgan fingerprint density at radius 2 is 1.83 bits per heavy atom. The van der Waals surface area contributed by atoms with Gasteiger partial charge in [-0.25, -0.2) is 0 Å². The van der Waals surface area contributed by atoms with Crippen molar-refractivity contribution >= 4 is 17.5 Å². The van der Waals surface area contributed by atoms with Crippen LogP contribution in [0.5, 0.6) is 0 Å². The van der Waals surface area contributed by atoms with Crippen molar-refractivity contribution < 1.29 is 9.32 Å². The molecule has 0 saturated heterocycles. The average molecular weight is 323 g/mol. The molecule has 2 aromatic heterocycles. The van der Waals surface area contributed by atoms with Crippen LogP contribution >= 0.6 is 0 Å². The lowest BCUT2D eigenvalue weighted by Gasteiger charge is -2.05. The molecule has 3 rings (SSSR count). The SMILES string of the molecule is Cc1ccc(CNC(=O)c2ccc(Nc3cc(C)on3)nn2)cc1. The number of rotatable bonds is 5. The van der Waals surface area contributed by atoms with Crippen LogP contribution in [0, 0.1) is 13.8 Å². The van der Waals surface area contributed by atoms with Crippen molar-refractivity contribution in [3.8, 4) is 0 Å². The maximum atomic E-state index is 12.1. The highest BCUT2D eigenvalue weighted by molar-refractivity contribution is 5.92. The summed E-state index contributed by atoms with van der Waals surface area (Å²) >= 11 is 0. The molecule has 0 unspecified atom stereocenters. The van der Waals surface area contributed by atoms with Gasteiger partial charge in [-0.05, 0) is 31.5 Å². The van der Waals surface area contributed by atoms with Crippen molar-refractivity contribution in [2.45, 2.75) is 20.4 Å². The van der Waals surface area contributed by atoms with Crippen molar-refractivity contribution in [1.82, 2.24) is 20.7 Å². The zero-order valence-corrected chi connectivity index (χ0v) is 13.4. The number of hydrogen-bond acceptors (Lipinski definition) is 6. The van der Waals surface area contributed by atoms with Gasteiger partial charge in [-0.3, -0.25) is 4.79 Å². The van der Waals surface area contributed by atoms with Crippen LogP contribution in [-0.4, -0.2) is 21.3 Å². The Bertz CT molecular complexity index is 825. The number of carbonyl (C=O) groups excluding carboxylic acids is 1. The largest absolute Gasteiger partial charge is 0.360 e. The molecule has 0 bridgehead atoms. The van der Waals surface area contributed by atoms with E-state index in [9.17, 15) is 4.79 Å². The van der Waals surface area contributed by atoms with E-state index < -0.39 is 0 Å². The Morgan fingerprint density at radius 3 is 2.46 bits per heavy atom. The lowest BCUT2D eigenvalue weighted by atomic mass is 10.1. The van der Waals surface area contributed by atoms with Gasteiger partial charge in [0.25, 0.3) is 5.91 Å². The van der Waals surface area contributed by atoms with Crippen LogP contribution in [0.1, 0.15) is 27.4 Å². The summed E-state index contributed by atoms with van der Waals surface area (Å²) in [6.45, 7) is 4.26. The van der Waals surface area contributed by atoms with Crippen LogP contribution in [0.15, 0.2) is 47.0 Å². The van der Waals surface area contributed by atoms with E-state index in [1.165, 1.54) is 5.56 Å². The number of benzene rings is 1. The third-order valence-corrected chi connectivity index (χ3v) is 3.35. The molecule has 7 nitrogen and oxygen atoms in total. The number of anilines is 2. The second kappa shape index (κ2) is 6.91. The van der Waals surface area contributed by atoms with E-state index in [1.54, 1.807) is 25.1 Å². The van der Waals surface area contributed by atoms with E-state index in [0.29, 0.717) is 23.9 Å². The van der Waals surface area contributed by atoms with E-state index in [1.807, 2.05) is 31.2 Å². The highest BCUT2D eigenvalue weighted by Gasteiger charge is 2.09. The molecule has 0 fully saturated rings.